The Morgan fingerprint density at radius 1 is 1.36 bits per heavy atom. The van der Waals surface area contributed by atoms with Crippen LogP contribution in [0.3, 0.4) is 0 Å². The van der Waals surface area contributed by atoms with Crippen LogP contribution >= 0.6 is 12.4 Å². The molecule has 0 aromatic heterocycles. The van der Waals surface area contributed by atoms with Crippen LogP contribution in [-0.2, 0) is 9.53 Å². The lowest BCUT2D eigenvalue weighted by molar-refractivity contribution is -0.139. The Bertz CT molecular complexity index is 181. The summed E-state index contributed by atoms with van der Waals surface area (Å²) in [5, 5.41) is 0. The van der Waals surface area contributed by atoms with Crippen LogP contribution in [0.4, 0.5) is 0 Å². The van der Waals surface area contributed by atoms with Gasteiger partial charge in [-0.25, -0.2) is 4.79 Å². The summed E-state index contributed by atoms with van der Waals surface area (Å²) < 4.78 is 4.95. The van der Waals surface area contributed by atoms with E-state index in [4.69, 9.17) is 10.5 Å². The predicted octanol–water partition coefficient (Wildman–Crippen LogP) is 2.39. The fraction of sp³-hybridized carbons (Fsp3) is 0.700. The van der Waals surface area contributed by atoms with E-state index in [0.717, 1.165) is 12.8 Å². The molecule has 0 amide bonds. The van der Waals surface area contributed by atoms with Crippen LogP contribution in [0.2, 0.25) is 0 Å². The van der Waals surface area contributed by atoms with Crippen LogP contribution in [-0.4, -0.2) is 12.6 Å². The molecule has 0 aliphatic heterocycles. The molecule has 0 radical (unpaired) electrons. The van der Waals surface area contributed by atoms with Crippen LogP contribution in [0, 0.1) is 0 Å². The van der Waals surface area contributed by atoms with Gasteiger partial charge in [0.2, 0.25) is 0 Å². The summed E-state index contributed by atoms with van der Waals surface area (Å²) in [7, 11) is 0. The zero-order valence-corrected chi connectivity index (χ0v) is 9.73. The van der Waals surface area contributed by atoms with E-state index >= 15 is 0 Å². The number of hydrogen-bond donors (Lipinski definition) is 1. The third kappa shape index (κ3) is 7.92. The van der Waals surface area contributed by atoms with E-state index < -0.39 is 0 Å². The van der Waals surface area contributed by atoms with Crippen molar-refractivity contribution in [1.82, 2.24) is 0 Å². The van der Waals surface area contributed by atoms with Gasteiger partial charge in [-0.2, -0.15) is 0 Å². The predicted molar refractivity (Wildman–Crippen MR) is 60.3 cm³/mol. The number of ether oxygens (including phenoxy) is 1. The first-order valence-corrected chi connectivity index (χ1v) is 4.78. The second kappa shape index (κ2) is 10.4. The molecule has 84 valence electrons. The Morgan fingerprint density at radius 2 is 2.00 bits per heavy atom. The molecule has 0 saturated heterocycles. The van der Waals surface area contributed by atoms with Gasteiger partial charge in [-0.3, -0.25) is 0 Å². The number of esters is 1. The van der Waals surface area contributed by atoms with Crippen molar-refractivity contribution in [3.05, 3.63) is 11.8 Å². The number of halogens is 1. The molecule has 0 spiro atoms. The Balaban J connectivity index is 0. The first-order valence-electron chi connectivity index (χ1n) is 4.78. The first kappa shape index (κ1) is 15.8. The minimum absolute atomic E-state index is 0. The third-order valence-electron chi connectivity index (χ3n) is 1.80. The molecule has 0 aliphatic rings. The SMILES string of the molecule is CCCCCCOC(=O)C(C)=CN.Cl. The van der Waals surface area contributed by atoms with Crippen molar-refractivity contribution in [2.45, 2.75) is 39.5 Å². The lowest BCUT2D eigenvalue weighted by atomic mass is 10.2. The molecule has 0 rings (SSSR count). The van der Waals surface area contributed by atoms with Gasteiger partial charge in [0, 0.05) is 11.8 Å². The van der Waals surface area contributed by atoms with Crippen molar-refractivity contribution < 1.29 is 9.53 Å². The van der Waals surface area contributed by atoms with Crippen molar-refractivity contribution in [3.63, 3.8) is 0 Å². The van der Waals surface area contributed by atoms with Crippen LogP contribution in [0.25, 0.3) is 0 Å². The number of nitrogens with two attached hydrogens (primary N) is 1. The van der Waals surface area contributed by atoms with E-state index in [1.807, 2.05) is 0 Å². The van der Waals surface area contributed by atoms with E-state index in [1.165, 1.54) is 19.0 Å². The standard InChI is InChI=1S/C10H19NO2.ClH/c1-3-4-5-6-7-13-10(12)9(2)8-11;/h8H,3-7,11H2,1-2H3;1H. The molecule has 0 fully saturated rings. The highest BCUT2D eigenvalue weighted by Gasteiger charge is 2.03. The molecule has 0 aliphatic carbocycles. The van der Waals surface area contributed by atoms with Crippen LogP contribution in [0.15, 0.2) is 11.8 Å². The normalized spacial score (nSPS) is 10.6. The third-order valence-corrected chi connectivity index (χ3v) is 1.80. The number of hydrogen-bond acceptors (Lipinski definition) is 3. The van der Waals surface area contributed by atoms with Gasteiger partial charge in [0.25, 0.3) is 0 Å². The van der Waals surface area contributed by atoms with Gasteiger partial charge in [0.1, 0.15) is 0 Å². The van der Waals surface area contributed by atoms with Gasteiger partial charge in [-0.05, 0) is 13.3 Å². The number of carbonyl (C=O) groups is 1. The molecular weight excluding hydrogens is 202 g/mol. The van der Waals surface area contributed by atoms with Gasteiger partial charge in [0.15, 0.2) is 0 Å². The topological polar surface area (TPSA) is 52.3 Å². The fourth-order valence-electron chi connectivity index (χ4n) is 0.876. The maximum absolute atomic E-state index is 11.0. The van der Waals surface area contributed by atoms with Crippen molar-refractivity contribution in [2.75, 3.05) is 6.61 Å². The Hall–Kier alpha value is -0.700. The van der Waals surface area contributed by atoms with Gasteiger partial charge in [-0.15, -0.1) is 12.4 Å². The summed E-state index contributed by atoms with van der Waals surface area (Å²) >= 11 is 0. The second-order valence-electron chi connectivity index (χ2n) is 3.05. The molecule has 0 aromatic carbocycles. The van der Waals surface area contributed by atoms with Crippen LogP contribution in [0.5, 0.6) is 0 Å². The Kier molecular flexibility index (Phi) is 11.7. The first-order chi connectivity index (χ1) is 6.22. The van der Waals surface area contributed by atoms with Gasteiger partial charge < -0.3 is 10.5 Å². The molecule has 14 heavy (non-hydrogen) atoms. The summed E-state index contributed by atoms with van der Waals surface area (Å²) in [6.45, 7) is 4.30. The van der Waals surface area contributed by atoms with Crippen molar-refractivity contribution in [2.24, 2.45) is 5.73 Å². The largest absolute Gasteiger partial charge is 0.462 e. The lowest BCUT2D eigenvalue weighted by Gasteiger charge is -2.03. The maximum Gasteiger partial charge on any atom is 0.335 e. The highest BCUT2D eigenvalue weighted by Crippen LogP contribution is 2.00. The number of rotatable bonds is 6. The van der Waals surface area contributed by atoms with E-state index in [-0.39, 0.29) is 18.4 Å². The second-order valence-corrected chi connectivity index (χ2v) is 3.05. The zero-order valence-electron chi connectivity index (χ0n) is 8.91. The van der Waals surface area contributed by atoms with Crippen molar-refractivity contribution in [3.8, 4) is 0 Å². The molecule has 3 nitrogen and oxygen atoms in total. The zero-order chi connectivity index (χ0) is 10.1. The molecule has 0 unspecified atom stereocenters. The molecule has 4 heteroatoms. The lowest BCUT2D eigenvalue weighted by Crippen LogP contribution is -2.08. The average molecular weight is 222 g/mol. The highest BCUT2D eigenvalue weighted by atomic mass is 35.5. The van der Waals surface area contributed by atoms with E-state index in [9.17, 15) is 4.79 Å². The van der Waals surface area contributed by atoms with Gasteiger partial charge in [-0.1, -0.05) is 26.2 Å². The molecule has 0 atom stereocenters. The summed E-state index contributed by atoms with van der Waals surface area (Å²) in [6, 6.07) is 0. The number of carbonyl (C=O) groups excluding carboxylic acids is 1. The molecule has 2 N–H and O–H groups in total. The van der Waals surface area contributed by atoms with E-state index in [2.05, 4.69) is 6.92 Å². The summed E-state index contributed by atoms with van der Waals surface area (Å²) in [4.78, 5) is 11.0. The van der Waals surface area contributed by atoms with Crippen molar-refractivity contribution >= 4 is 18.4 Å². The minimum atomic E-state index is -0.306. The minimum Gasteiger partial charge on any atom is -0.462 e. The fourth-order valence-corrected chi connectivity index (χ4v) is 0.876. The Morgan fingerprint density at radius 3 is 2.50 bits per heavy atom. The summed E-state index contributed by atoms with van der Waals surface area (Å²) in [5.41, 5.74) is 5.63. The molecule has 0 bridgehead atoms. The maximum atomic E-state index is 11.0. The van der Waals surface area contributed by atoms with Crippen molar-refractivity contribution in [1.29, 1.82) is 0 Å². The highest BCUT2D eigenvalue weighted by molar-refractivity contribution is 5.87. The quantitative estimate of drug-likeness (QED) is 0.426. The van der Waals surface area contributed by atoms with E-state index in [0.29, 0.717) is 12.2 Å². The number of unbranched alkanes of at least 4 members (excludes halogenated alkanes) is 3. The average Bonchev–Trinajstić information content (AvgIpc) is 2.16. The van der Waals surface area contributed by atoms with Crippen LogP contribution < -0.4 is 5.73 Å². The van der Waals surface area contributed by atoms with Crippen LogP contribution in [0.1, 0.15) is 39.5 Å². The Labute approximate surface area is 92.1 Å². The smallest absolute Gasteiger partial charge is 0.335 e. The van der Waals surface area contributed by atoms with E-state index in [1.54, 1.807) is 6.92 Å². The molecule has 0 saturated carbocycles. The molecule has 0 heterocycles. The summed E-state index contributed by atoms with van der Waals surface area (Å²) in [6.07, 6.45) is 5.72. The molecular formula is C10H20ClNO2. The molecule has 0 aromatic rings. The summed E-state index contributed by atoms with van der Waals surface area (Å²) in [5.74, 6) is -0.306. The monoisotopic (exact) mass is 221 g/mol. The van der Waals surface area contributed by atoms with Gasteiger partial charge >= 0.3 is 5.97 Å². The van der Waals surface area contributed by atoms with Gasteiger partial charge in [0.05, 0.1) is 6.61 Å².